The van der Waals surface area contributed by atoms with Crippen molar-refractivity contribution in [3.63, 3.8) is 0 Å². The molecule has 25 heavy (non-hydrogen) atoms. The highest BCUT2D eigenvalue weighted by Gasteiger charge is 2.29. The maximum absolute atomic E-state index is 12.6. The predicted octanol–water partition coefficient (Wildman–Crippen LogP) is 2.75. The van der Waals surface area contributed by atoms with Crippen molar-refractivity contribution in [1.82, 2.24) is 24.9 Å². The number of hydrogen-bond donors (Lipinski definition) is 1. The quantitative estimate of drug-likeness (QED) is 0.782. The van der Waals surface area contributed by atoms with Crippen LogP contribution in [-0.2, 0) is 13.1 Å². The third-order valence-electron chi connectivity index (χ3n) is 4.83. The number of nitrogens with zero attached hydrogens (tertiary/aromatic N) is 5. The molecule has 2 aliphatic rings. The van der Waals surface area contributed by atoms with E-state index in [4.69, 9.17) is 0 Å². The molecule has 1 aromatic carbocycles. The summed E-state index contributed by atoms with van der Waals surface area (Å²) < 4.78 is 2.03. The molecular formula is C18H18N6O. The summed E-state index contributed by atoms with van der Waals surface area (Å²) in [5, 5.41) is 16.7. The lowest BCUT2D eigenvalue weighted by atomic mass is 10.2. The fourth-order valence-electron chi connectivity index (χ4n) is 3.27. The lowest BCUT2D eigenvalue weighted by molar-refractivity contribution is 0.194. The number of fused-ring (bicyclic) bond motifs is 2. The minimum absolute atomic E-state index is 0.148. The Morgan fingerprint density at radius 2 is 2.00 bits per heavy atom. The minimum Gasteiger partial charge on any atom is -0.317 e. The monoisotopic (exact) mass is 334 g/mol. The lowest BCUT2D eigenvalue weighted by Gasteiger charge is -2.27. The Kier molecular flexibility index (Phi) is 3.19. The SMILES string of the molecule is O=C(Nc1cc2ccccc2nn1)N1CCn2nc(C3CC3)cc2C1. The van der Waals surface area contributed by atoms with Gasteiger partial charge in [-0.25, -0.2) is 4.79 Å². The standard InChI is InChI=1S/C18H18N6O/c25-18(19-17-9-13-3-1-2-4-15(13)20-21-17)23-7-8-24-14(11-23)10-16(22-24)12-5-6-12/h1-4,9-10,12H,5-8,11H2,(H,19,21,25). The van der Waals surface area contributed by atoms with Gasteiger partial charge in [-0.15, -0.1) is 10.2 Å². The Balaban J connectivity index is 1.31. The average molecular weight is 334 g/mol. The van der Waals surface area contributed by atoms with Gasteiger partial charge in [-0.3, -0.25) is 10.00 Å². The first-order valence-electron chi connectivity index (χ1n) is 8.61. The largest absolute Gasteiger partial charge is 0.323 e. The molecule has 7 heteroatoms. The predicted molar refractivity (Wildman–Crippen MR) is 93.2 cm³/mol. The highest BCUT2D eigenvalue weighted by molar-refractivity contribution is 5.90. The first kappa shape index (κ1) is 14.4. The van der Waals surface area contributed by atoms with Gasteiger partial charge in [0.05, 0.1) is 30.0 Å². The van der Waals surface area contributed by atoms with Crippen molar-refractivity contribution in [1.29, 1.82) is 0 Å². The van der Waals surface area contributed by atoms with Gasteiger partial charge in [0.25, 0.3) is 0 Å². The van der Waals surface area contributed by atoms with Crippen LogP contribution in [0.4, 0.5) is 10.6 Å². The van der Waals surface area contributed by atoms with Gasteiger partial charge in [-0.2, -0.15) is 5.10 Å². The molecule has 1 aliphatic heterocycles. The van der Waals surface area contributed by atoms with E-state index in [9.17, 15) is 4.79 Å². The molecule has 5 rings (SSSR count). The van der Waals surface area contributed by atoms with E-state index in [1.165, 1.54) is 18.5 Å². The van der Waals surface area contributed by atoms with Gasteiger partial charge in [-0.1, -0.05) is 18.2 Å². The lowest BCUT2D eigenvalue weighted by Crippen LogP contribution is -2.41. The molecule has 3 heterocycles. The van der Waals surface area contributed by atoms with Gasteiger partial charge >= 0.3 is 6.03 Å². The molecule has 0 saturated heterocycles. The molecule has 1 saturated carbocycles. The van der Waals surface area contributed by atoms with E-state index >= 15 is 0 Å². The van der Waals surface area contributed by atoms with Crippen molar-refractivity contribution < 1.29 is 4.79 Å². The Hall–Kier alpha value is -2.96. The molecule has 0 atom stereocenters. The summed E-state index contributed by atoms with van der Waals surface area (Å²) in [5.41, 5.74) is 3.10. The zero-order valence-electron chi connectivity index (χ0n) is 13.7. The van der Waals surface area contributed by atoms with Crippen LogP contribution in [0.5, 0.6) is 0 Å². The summed E-state index contributed by atoms with van der Waals surface area (Å²) >= 11 is 0. The Labute approximate surface area is 144 Å². The smallest absolute Gasteiger partial charge is 0.317 e. The van der Waals surface area contributed by atoms with Crippen LogP contribution in [0, 0.1) is 0 Å². The zero-order chi connectivity index (χ0) is 16.8. The maximum Gasteiger partial charge on any atom is 0.323 e. The highest BCUT2D eigenvalue weighted by atomic mass is 16.2. The second-order valence-corrected chi connectivity index (χ2v) is 6.70. The molecule has 7 nitrogen and oxygen atoms in total. The number of carbonyl (C=O) groups excluding carboxylic acids is 1. The number of aromatic nitrogens is 4. The van der Waals surface area contributed by atoms with Crippen LogP contribution in [0.15, 0.2) is 36.4 Å². The van der Waals surface area contributed by atoms with Crippen LogP contribution in [0.25, 0.3) is 10.9 Å². The van der Waals surface area contributed by atoms with Gasteiger partial charge in [0.1, 0.15) is 0 Å². The fraction of sp³-hybridized carbons (Fsp3) is 0.333. The van der Waals surface area contributed by atoms with Crippen LogP contribution in [0.2, 0.25) is 0 Å². The Morgan fingerprint density at radius 3 is 2.88 bits per heavy atom. The van der Waals surface area contributed by atoms with Gasteiger partial charge in [0.2, 0.25) is 0 Å². The zero-order valence-corrected chi connectivity index (χ0v) is 13.7. The van der Waals surface area contributed by atoms with Crippen LogP contribution in [-0.4, -0.2) is 37.5 Å². The summed E-state index contributed by atoms with van der Waals surface area (Å²) in [6.45, 7) is 1.96. The van der Waals surface area contributed by atoms with E-state index in [2.05, 4.69) is 26.7 Å². The molecule has 2 aromatic heterocycles. The molecule has 0 radical (unpaired) electrons. The normalized spacial score (nSPS) is 16.7. The number of benzene rings is 1. The van der Waals surface area contributed by atoms with Gasteiger partial charge in [0.15, 0.2) is 5.82 Å². The first-order valence-corrected chi connectivity index (χ1v) is 8.61. The summed E-state index contributed by atoms with van der Waals surface area (Å²) in [5.74, 6) is 1.11. The van der Waals surface area contributed by atoms with Crippen molar-refractivity contribution in [2.45, 2.75) is 31.8 Å². The molecule has 1 aliphatic carbocycles. The van der Waals surface area contributed by atoms with Crippen LogP contribution < -0.4 is 5.32 Å². The van der Waals surface area contributed by atoms with Crippen molar-refractivity contribution in [2.75, 3.05) is 11.9 Å². The molecule has 126 valence electrons. The molecule has 3 aromatic rings. The summed E-state index contributed by atoms with van der Waals surface area (Å²) in [6, 6.07) is 11.6. The second kappa shape index (κ2) is 5.54. The van der Waals surface area contributed by atoms with Gasteiger partial charge in [0, 0.05) is 17.8 Å². The molecular weight excluding hydrogens is 316 g/mol. The highest BCUT2D eigenvalue weighted by Crippen LogP contribution is 2.39. The van der Waals surface area contributed by atoms with E-state index in [1.54, 1.807) is 4.90 Å². The van der Waals surface area contributed by atoms with Crippen molar-refractivity contribution in [3.8, 4) is 0 Å². The summed E-state index contributed by atoms with van der Waals surface area (Å²) in [7, 11) is 0. The van der Waals surface area contributed by atoms with Gasteiger partial charge < -0.3 is 4.90 Å². The average Bonchev–Trinajstić information content (AvgIpc) is 3.40. The molecule has 2 amide bonds. The van der Waals surface area contributed by atoms with E-state index in [0.29, 0.717) is 24.8 Å². The Bertz CT molecular complexity index is 961. The number of carbonyl (C=O) groups is 1. The van der Waals surface area contributed by atoms with E-state index in [0.717, 1.165) is 23.1 Å². The van der Waals surface area contributed by atoms with Crippen LogP contribution in [0.3, 0.4) is 0 Å². The number of anilines is 1. The van der Waals surface area contributed by atoms with Crippen LogP contribution >= 0.6 is 0 Å². The summed E-state index contributed by atoms with van der Waals surface area (Å²) in [6.07, 6.45) is 2.47. The fourth-order valence-corrected chi connectivity index (χ4v) is 3.27. The van der Waals surface area contributed by atoms with Crippen molar-refractivity contribution in [3.05, 3.63) is 47.8 Å². The Morgan fingerprint density at radius 1 is 1.12 bits per heavy atom. The maximum atomic E-state index is 12.6. The number of rotatable bonds is 2. The van der Waals surface area contributed by atoms with Crippen molar-refractivity contribution in [2.24, 2.45) is 0 Å². The summed E-state index contributed by atoms with van der Waals surface area (Å²) in [4.78, 5) is 14.4. The minimum atomic E-state index is -0.148. The molecule has 0 bridgehead atoms. The molecule has 0 unspecified atom stereocenters. The molecule has 1 N–H and O–H groups in total. The van der Waals surface area contributed by atoms with E-state index in [1.807, 2.05) is 35.0 Å². The first-order chi connectivity index (χ1) is 12.3. The van der Waals surface area contributed by atoms with E-state index < -0.39 is 0 Å². The number of urea groups is 1. The van der Waals surface area contributed by atoms with Gasteiger partial charge in [-0.05, 0) is 31.0 Å². The van der Waals surface area contributed by atoms with E-state index in [-0.39, 0.29) is 6.03 Å². The van der Waals surface area contributed by atoms with Crippen molar-refractivity contribution >= 4 is 22.8 Å². The molecule has 0 spiro atoms. The number of amides is 2. The third-order valence-corrected chi connectivity index (χ3v) is 4.83. The molecule has 1 fully saturated rings. The van der Waals surface area contributed by atoms with Crippen LogP contribution in [0.1, 0.15) is 30.1 Å². The number of hydrogen-bond acceptors (Lipinski definition) is 4. The number of nitrogens with one attached hydrogen (secondary N) is 1. The topological polar surface area (TPSA) is 75.9 Å². The third kappa shape index (κ3) is 2.71. The second-order valence-electron chi connectivity index (χ2n) is 6.70.